The van der Waals surface area contributed by atoms with Crippen LogP contribution in [-0.4, -0.2) is 40.6 Å². The van der Waals surface area contributed by atoms with Crippen molar-refractivity contribution in [3.63, 3.8) is 0 Å². The van der Waals surface area contributed by atoms with Gasteiger partial charge in [-0.1, -0.05) is 13.0 Å². The number of piperidine rings is 1. The van der Waals surface area contributed by atoms with Crippen LogP contribution in [0.3, 0.4) is 0 Å². The van der Waals surface area contributed by atoms with Crippen LogP contribution in [0, 0.1) is 11.8 Å². The Morgan fingerprint density at radius 1 is 1.18 bits per heavy atom. The predicted octanol–water partition coefficient (Wildman–Crippen LogP) is 4.74. The number of hydrogen-bond acceptors (Lipinski definition) is 4. The van der Waals surface area contributed by atoms with Crippen molar-refractivity contribution in [3.8, 4) is 0 Å². The number of aliphatic imine (C=N–C) groups is 1. The number of H-pyrrole nitrogens is 1. The number of anilines is 2. The molecule has 3 aliphatic rings. The molecule has 0 spiro atoms. The van der Waals surface area contributed by atoms with E-state index >= 15 is 0 Å². The summed E-state index contributed by atoms with van der Waals surface area (Å²) < 4.78 is 26.4. The average Bonchev–Trinajstić information content (AvgIpc) is 3.13. The molecule has 2 N–H and O–H groups in total. The first-order valence-corrected chi connectivity index (χ1v) is 11.5. The molecule has 1 saturated heterocycles. The molecule has 1 aromatic heterocycles. The quantitative estimate of drug-likeness (QED) is 0.604. The molecule has 2 fully saturated rings. The van der Waals surface area contributed by atoms with Crippen molar-refractivity contribution in [2.45, 2.75) is 38.7 Å². The topological polar surface area (TPSA) is 73.4 Å². The zero-order valence-electron chi connectivity index (χ0n) is 18.4. The maximum Gasteiger partial charge on any atom is 0.260 e. The van der Waals surface area contributed by atoms with Gasteiger partial charge in [-0.2, -0.15) is 0 Å². The molecular formula is C25H25F2N5O. The van der Waals surface area contributed by atoms with Crippen LogP contribution >= 0.6 is 0 Å². The van der Waals surface area contributed by atoms with Crippen molar-refractivity contribution < 1.29 is 13.6 Å². The minimum Gasteiger partial charge on any atom is -0.371 e. The number of aromatic nitrogens is 2. The number of nitrogens with zero attached hydrogens (tertiary/aromatic N) is 3. The van der Waals surface area contributed by atoms with Gasteiger partial charge >= 0.3 is 0 Å². The van der Waals surface area contributed by atoms with Crippen molar-refractivity contribution in [2.75, 3.05) is 23.3 Å². The maximum atomic E-state index is 13.2. The van der Waals surface area contributed by atoms with Crippen molar-refractivity contribution in [1.29, 1.82) is 0 Å². The number of hydrogen-bond donors (Lipinski definition) is 2. The number of rotatable bonds is 4. The third kappa shape index (κ3) is 3.67. The average molecular weight is 450 g/mol. The van der Waals surface area contributed by atoms with Crippen LogP contribution in [0.1, 0.15) is 43.1 Å². The molecule has 3 heterocycles. The normalized spacial score (nSPS) is 21.7. The lowest BCUT2D eigenvalue weighted by Crippen LogP contribution is -2.32. The Morgan fingerprint density at radius 3 is 2.73 bits per heavy atom. The number of fused-ring (bicyclic) bond motifs is 2. The molecule has 0 radical (unpaired) electrons. The number of aromatic amines is 1. The number of alkyl halides is 2. The Balaban J connectivity index is 1.25. The monoisotopic (exact) mass is 449 g/mol. The van der Waals surface area contributed by atoms with E-state index in [1.54, 1.807) is 12.1 Å². The molecule has 3 aromatic rings. The van der Waals surface area contributed by atoms with Gasteiger partial charge in [0.2, 0.25) is 5.91 Å². The van der Waals surface area contributed by atoms with E-state index in [0.717, 1.165) is 46.9 Å². The smallest absolute Gasteiger partial charge is 0.260 e. The van der Waals surface area contributed by atoms with Gasteiger partial charge in [-0.15, -0.1) is 0 Å². The van der Waals surface area contributed by atoms with Crippen molar-refractivity contribution in [1.82, 2.24) is 9.97 Å². The number of halogens is 2. The van der Waals surface area contributed by atoms with Gasteiger partial charge in [-0.05, 0) is 54.7 Å². The third-order valence-corrected chi connectivity index (χ3v) is 7.02. The molecule has 1 amide bonds. The summed E-state index contributed by atoms with van der Waals surface area (Å²) in [6.45, 7) is 4.96. The lowest BCUT2D eigenvalue weighted by molar-refractivity contribution is -0.119. The zero-order valence-corrected chi connectivity index (χ0v) is 18.4. The van der Waals surface area contributed by atoms with Crippen molar-refractivity contribution in [3.05, 3.63) is 53.3 Å². The van der Waals surface area contributed by atoms with Crippen LogP contribution in [-0.2, 0) is 11.3 Å². The molecule has 8 heteroatoms. The Morgan fingerprint density at radius 2 is 1.97 bits per heavy atom. The molecule has 6 rings (SSSR count). The second-order valence-electron chi connectivity index (χ2n) is 9.50. The van der Waals surface area contributed by atoms with E-state index < -0.39 is 17.7 Å². The molecule has 1 unspecified atom stereocenters. The standard InChI is InChI=1S/C25H25F2N5O/c1-14-6-8-32(9-7-14)17-4-5-20-21(11-17)31-23(30-20)22-18-10-16(3-2-15(18)13-28-22)29-24(33)19-12-25(19,26)27/h2-5,10-11,14,19H,6-9,12-13H2,1H3,(H,29,33)(H,30,31). The summed E-state index contributed by atoms with van der Waals surface area (Å²) in [6, 6.07) is 11.7. The van der Waals surface area contributed by atoms with Gasteiger partial charge in [0.25, 0.3) is 5.92 Å². The van der Waals surface area contributed by atoms with E-state index in [1.807, 2.05) is 12.1 Å². The van der Waals surface area contributed by atoms with Gasteiger partial charge in [0, 0.05) is 36.4 Å². The third-order valence-electron chi connectivity index (χ3n) is 7.02. The minimum atomic E-state index is -2.88. The fourth-order valence-corrected chi connectivity index (χ4v) is 4.76. The summed E-state index contributed by atoms with van der Waals surface area (Å²) in [7, 11) is 0. The summed E-state index contributed by atoms with van der Waals surface area (Å²) in [4.78, 5) is 27.3. The van der Waals surface area contributed by atoms with Gasteiger partial charge in [0.05, 0.1) is 17.6 Å². The largest absolute Gasteiger partial charge is 0.371 e. The molecule has 170 valence electrons. The van der Waals surface area contributed by atoms with Crippen LogP contribution in [0.4, 0.5) is 20.2 Å². The lowest BCUT2D eigenvalue weighted by Gasteiger charge is -2.32. The predicted molar refractivity (Wildman–Crippen MR) is 124 cm³/mol. The highest BCUT2D eigenvalue weighted by Gasteiger charge is 2.61. The maximum absolute atomic E-state index is 13.2. The van der Waals surface area contributed by atoms with E-state index in [2.05, 4.69) is 39.2 Å². The van der Waals surface area contributed by atoms with Gasteiger partial charge in [0.15, 0.2) is 5.82 Å². The lowest BCUT2D eigenvalue weighted by atomic mass is 9.99. The van der Waals surface area contributed by atoms with E-state index in [4.69, 9.17) is 4.98 Å². The Kier molecular flexibility index (Phi) is 4.54. The van der Waals surface area contributed by atoms with E-state index in [0.29, 0.717) is 18.1 Å². The number of benzene rings is 2. The Labute approximate surface area is 190 Å². The van der Waals surface area contributed by atoms with Crippen LogP contribution in [0.25, 0.3) is 11.0 Å². The van der Waals surface area contributed by atoms with Crippen molar-refractivity contribution in [2.24, 2.45) is 16.8 Å². The van der Waals surface area contributed by atoms with Crippen LogP contribution < -0.4 is 10.2 Å². The van der Waals surface area contributed by atoms with E-state index in [-0.39, 0.29) is 6.42 Å². The van der Waals surface area contributed by atoms with Gasteiger partial charge in [0.1, 0.15) is 11.6 Å². The Bertz CT molecular complexity index is 1290. The SMILES string of the molecule is CC1CCN(c2ccc3nc(C4=NCc5ccc(NC(=O)C6CC6(F)F)cc54)[nH]c3c2)CC1. The number of imidazole rings is 1. The number of nitrogens with one attached hydrogen (secondary N) is 2. The molecule has 2 aromatic carbocycles. The highest BCUT2D eigenvalue weighted by Crippen LogP contribution is 2.49. The summed E-state index contributed by atoms with van der Waals surface area (Å²) in [5, 5.41) is 2.62. The second-order valence-corrected chi connectivity index (χ2v) is 9.50. The van der Waals surface area contributed by atoms with E-state index in [1.165, 1.54) is 18.5 Å². The molecule has 33 heavy (non-hydrogen) atoms. The van der Waals surface area contributed by atoms with Crippen LogP contribution in [0.15, 0.2) is 41.4 Å². The first-order chi connectivity index (χ1) is 15.9. The number of amides is 1. The molecule has 0 bridgehead atoms. The molecule has 1 aliphatic carbocycles. The fourth-order valence-electron chi connectivity index (χ4n) is 4.76. The second kappa shape index (κ2) is 7.37. The van der Waals surface area contributed by atoms with Crippen LogP contribution in [0.2, 0.25) is 0 Å². The number of carbonyl (C=O) groups excluding carboxylic acids is 1. The molecular weight excluding hydrogens is 424 g/mol. The zero-order chi connectivity index (χ0) is 22.7. The summed E-state index contributed by atoms with van der Waals surface area (Å²) >= 11 is 0. The first kappa shape index (κ1) is 20.3. The molecule has 2 aliphatic heterocycles. The van der Waals surface area contributed by atoms with Gasteiger partial charge in [-0.3, -0.25) is 9.79 Å². The first-order valence-electron chi connectivity index (χ1n) is 11.5. The summed E-state index contributed by atoms with van der Waals surface area (Å²) in [5.74, 6) is -3.30. The van der Waals surface area contributed by atoms with Crippen molar-refractivity contribution >= 4 is 34.0 Å². The highest BCUT2D eigenvalue weighted by atomic mass is 19.3. The molecule has 1 saturated carbocycles. The van der Waals surface area contributed by atoms with E-state index in [9.17, 15) is 13.6 Å². The number of carbonyl (C=O) groups is 1. The Hall–Kier alpha value is -3.29. The van der Waals surface area contributed by atoms with Crippen LogP contribution in [0.5, 0.6) is 0 Å². The molecule has 6 nitrogen and oxygen atoms in total. The highest BCUT2D eigenvalue weighted by molar-refractivity contribution is 6.14. The van der Waals surface area contributed by atoms with Gasteiger partial charge < -0.3 is 15.2 Å². The molecule has 1 atom stereocenters. The van der Waals surface area contributed by atoms with Gasteiger partial charge in [-0.25, -0.2) is 13.8 Å². The fraction of sp³-hybridized carbons (Fsp3) is 0.400. The minimum absolute atomic E-state index is 0.381. The summed E-state index contributed by atoms with van der Waals surface area (Å²) in [5.41, 5.74) is 6.12. The summed E-state index contributed by atoms with van der Waals surface area (Å²) in [6.07, 6.45) is 2.03.